The average Bonchev–Trinajstić information content (AvgIpc) is 2.97. The number of nitrogens with zero attached hydrogens (tertiary/aromatic N) is 2. The van der Waals surface area contributed by atoms with E-state index >= 15 is 0 Å². The lowest BCUT2D eigenvalue weighted by Crippen LogP contribution is -2.26. The summed E-state index contributed by atoms with van der Waals surface area (Å²) in [6.07, 6.45) is 0.927. The van der Waals surface area contributed by atoms with E-state index in [0.29, 0.717) is 31.5 Å². The third kappa shape index (κ3) is 3.79. The van der Waals surface area contributed by atoms with Crippen LogP contribution >= 0.6 is 0 Å². The van der Waals surface area contributed by atoms with Crippen LogP contribution in [0.1, 0.15) is 18.4 Å². The number of oxazole rings is 1. The highest BCUT2D eigenvalue weighted by molar-refractivity contribution is 5.76. The van der Waals surface area contributed by atoms with Crippen LogP contribution in [0.25, 0.3) is 11.1 Å². The van der Waals surface area contributed by atoms with Gasteiger partial charge >= 0.3 is 5.76 Å². The standard InChI is InChI=1S/C20H22N2O4/c1-21(14-15-8-3-5-10-17(15)25-2)19(23)12-7-13-22-16-9-4-6-11-18(16)26-20(22)24/h3-6,8-11H,7,12-14H2,1-2H3. The van der Waals surface area contributed by atoms with Crippen LogP contribution in [0.15, 0.2) is 57.7 Å². The Kier molecular flexibility index (Phi) is 5.41. The molecule has 0 aliphatic heterocycles. The summed E-state index contributed by atoms with van der Waals surface area (Å²) < 4.78 is 12.1. The van der Waals surface area contributed by atoms with Gasteiger partial charge in [0.15, 0.2) is 5.58 Å². The van der Waals surface area contributed by atoms with Gasteiger partial charge in [0.05, 0.1) is 12.6 Å². The number of hydrogen-bond acceptors (Lipinski definition) is 4. The Morgan fingerprint density at radius 3 is 2.69 bits per heavy atom. The van der Waals surface area contributed by atoms with E-state index in [1.165, 1.54) is 0 Å². The Balaban J connectivity index is 1.58. The van der Waals surface area contributed by atoms with E-state index in [1.807, 2.05) is 42.5 Å². The third-order valence-electron chi connectivity index (χ3n) is 4.37. The summed E-state index contributed by atoms with van der Waals surface area (Å²) in [4.78, 5) is 26.0. The van der Waals surface area contributed by atoms with Crippen LogP contribution in [0.2, 0.25) is 0 Å². The molecule has 0 saturated heterocycles. The molecule has 6 nitrogen and oxygen atoms in total. The van der Waals surface area contributed by atoms with Crippen LogP contribution in [0.3, 0.4) is 0 Å². The molecule has 0 radical (unpaired) electrons. The number of aryl methyl sites for hydroxylation is 1. The van der Waals surface area contributed by atoms with Gasteiger partial charge in [-0.25, -0.2) is 4.79 Å². The zero-order valence-corrected chi connectivity index (χ0v) is 15.0. The second kappa shape index (κ2) is 7.91. The van der Waals surface area contributed by atoms with E-state index in [-0.39, 0.29) is 11.7 Å². The van der Waals surface area contributed by atoms with Gasteiger partial charge in [-0.3, -0.25) is 9.36 Å². The Morgan fingerprint density at radius 2 is 1.88 bits per heavy atom. The number of rotatable bonds is 7. The first-order valence-corrected chi connectivity index (χ1v) is 8.54. The van der Waals surface area contributed by atoms with Crippen molar-refractivity contribution in [3.8, 4) is 5.75 Å². The Labute approximate surface area is 151 Å². The molecule has 0 unspecified atom stereocenters. The van der Waals surface area contributed by atoms with Crippen molar-refractivity contribution in [1.82, 2.24) is 9.47 Å². The van der Waals surface area contributed by atoms with Crippen molar-refractivity contribution in [2.45, 2.75) is 25.9 Å². The molecule has 1 amide bonds. The molecule has 136 valence electrons. The van der Waals surface area contributed by atoms with Gasteiger partial charge in [-0.15, -0.1) is 0 Å². The fraction of sp³-hybridized carbons (Fsp3) is 0.300. The molecule has 1 heterocycles. The maximum Gasteiger partial charge on any atom is 0.419 e. The number of methoxy groups -OCH3 is 1. The molecule has 1 aromatic heterocycles. The van der Waals surface area contributed by atoms with Crippen molar-refractivity contribution in [3.05, 3.63) is 64.6 Å². The van der Waals surface area contributed by atoms with Gasteiger partial charge in [0.25, 0.3) is 0 Å². The summed E-state index contributed by atoms with van der Waals surface area (Å²) in [6.45, 7) is 0.932. The van der Waals surface area contributed by atoms with Crippen LogP contribution < -0.4 is 10.5 Å². The second-order valence-corrected chi connectivity index (χ2v) is 6.15. The maximum atomic E-state index is 12.4. The van der Waals surface area contributed by atoms with E-state index in [2.05, 4.69) is 0 Å². The lowest BCUT2D eigenvalue weighted by molar-refractivity contribution is -0.130. The topological polar surface area (TPSA) is 64.7 Å². The molecule has 3 rings (SSSR count). The normalized spacial score (nSPS) is 10.8. The number of carbonyl (C=O) groups is 1. The second-order valence-electron chi connectivity index (χ2n) is 6.15. The summed E-state index contributed by atoms with van der Waals surface area (Å²) in [6, 6.07) is 14.9. The minimum Gasteiger partial charge on any atom is -0.496 e. The van der Waals surface area contributed by atoms with Gasteiger partial charge in [0.2, 0.25) is 5.91 Å². The van der Waals surface area contributed by atoms with Crippen molar-refractivity contribution in [1.29, 1.82) is 0 Å². The first kappa shape index (κ1) is 17.8. The van der Waals surface area contributed by atoms with Crippen molar-refractivity contribution in [2.24, 2.45) is 0 Å². The zero-order chi connectivity index (χ0) is 18.5. The molecule has 26 heavy (non-hydrogen) atoms. The number of carbonyl (C=O) groups excluding carboxylic acids is 1. The number of ether oxygens (including phenoxy) is 1. The van der Waals surface area contributed by atoms with E-state index in [0.717, 1.165) is 16.8 Å². The SMILES string of the molecule is COc1ccccc1CN(C)C(=O)CCCn1c(=O)oc2ccccc21. The molecule has 0 atom stereocenters. The largest absolute Gasteiger partial charge is 0.496 e. The number of hydrogen-bond donors (Lipinski definition) is 0. The molecular formula is C20H22N2O4. The van der Waals surface area contributed by atoms with Crippen molar-refractivity contribution >= 4 is 17.0 Å². The third-order valence-corrected chi connectivity index (χ3v) is 4.37. The molecule has 0 aliphatic rings. The summed E-state index contributed by atoms with van der Waals surface area (Å²) in [5, 5.41) is 0. The number of amides is 1. The van der Waals surface area contributed by atoms with Gasteiger partial charge in [-0.1, -0.05) is 30.3 Å². The number of para-hydroxylation sites is 3. The molecule has 0 bridgehead atoms. The van der Waals surface area contributed by atoms with Crippen LogP contribution in [0.5, 0.6) is 5.75 Å². The molecule has 0 fully saturated rings. The van der Waals surface area contributed by atoms with Gasteiger partial charge in [0.1, 0.15) is 5.75 Å². The van der Waals surface area contributed by atoms with Gasteiger partial charge in [0, 0.05) is 32.1 Å². The van der Waals surface area contributed by atoms with Gasteiger partial charge < -0.3 is 14.1 Å². The first-order chi connectivity index (χ1) is 12.6. The van der Waals surface area contributed by atoms with Crippen LogP contribution in [-0.4, -0.2) is 29.5 Å². The van der Waals surface area contributed by atoms with Crippen molar-refractivity contribution < 1.29 is 13.9 Å². The number of fused-ring (bicyclic) bond motifs is 1. The highest BCUT2D eigenvalue weighted by atomic mass is 16.5. The van der Waals surface area contributed by atoms with Gasteiger partial charge in [-0.05, 0) is 24.6 Å². The molecule has 3 aromatic rings. The fourth-order valence-corrected chi connectivity index (χ4v) is 2.98. The summed E-state index contributed by atoms with van der Waals surface area (Å²) >= 11 is 0. The first-order valence-electron chi connectivity index (χ1n) is 8.54. The van der Waals surface area contributed by atoms with E-state index < -0.39 is 0 Å². The lowest BCUT2D eigenvalue weighted by atomic mass is 10.2. The number of benzene rings is 2. The van der Waals surface area contributed by atoms with Crippen LogP contribution in [0.4, 0.5) is 0 Å². The predicted molar refractivity (Wildman–Crippen MR) is 99.2 cm³/mol. The fourth-order valence-electron chi connectivity index (χ4n) is 2.98. The molecule has 0 saturated carbocycles. The Bertz CT molecular complexity index is 958. The Hall–Kier alpha value is -3.02. The smallest absolute Gasteiger partial charge is 0.419 e. The average molecular weight is 354 g/mol. The highest BCUT2D eigenvalue weighted by Gasteiger charge is 2.13. The summed E-state index contributed by atoms with van der Waals surface area (Å²) in [7, 11) is 3.39. The molecule has 0 spiro atoms. The maximum absolute atomic E-state index is 12.4. The molecule has 0 aliphatic carbocycles. The summed E-state index contributed by atoms with van der Waals surface area (Å²) in [5.74, 6) is 0.404. The zero-order valence-electron chi connectivity index (χ0n) is 15.0. The van der Waals surface area contributed by atoms with Gasteiger partial charge in [-0.2, -0.15) is 0 Å². The monoisotopic (exact) mass is 354 g/mol. The number of aromatic nitrogens is 1. The minimum absolute atomic E-state index is 0.0248. The quantitative estimate of drug-likeness (QED) is 0.654. The summed E-state index contributed by atoms with van der Waals surface area (Å²) in [5.41, 5.74) is 2.28. The Morgan fingerprint density at radius 1 is 1.15 bits per heavy atom. The molecule has 2 aromatic carbocycles. The predicted octanol–water partition coefficient (Wildman–Crippen LogP) is 3.04. The highest BCUT2D eigenvalue weighted by Crippen LogP contribution is 2.19. The van der Waals surface area contributed by atoms with Crippen LogP contribution in [-0.2, 0) is 17.9 Å². The van der Waals surface area contributed by atoms with Crippen molar-refractivity contribution in [2.75, 3.05) is 14.2 Å². The molecule has 0 N–H and O–H groups in total. The van der Waals surface area contributed by atoms with E-state index in [4.69, 9.17) is 9.15 Å². The van der Waals surface area contributed by atoms with Crippen molar-refractivity contribution in [3.63, 3.8) is 0 Å². The van der Waals surface area contributed by atoms with E-state index in [1.54, 1.807) is 29.7 Å². The molecule has 6 heteroatoms. The van der Waals surface area contributed by atoms with Crippen LogP contribution in [0, 0.1) is 0 Å². The van der Waals surface area contributed by atoms with E-state index in [9.17, 15) is 9.59 Å². The lowest BCUT2D eigenvalue weighted by Gasteiger charge is -2.19. The molecular weight excluding hydrogens is 332 g/mol. The minimum atomic E-state index is -0.388.